The highest BCUT2D eigenvalue weighted by Crippen LogP contribution is 2.31. The van der Waals surface area contributed by atoms with E-state index < -0.39 is 15.0 Å². The second-order valence-corrected chi connectivity index (χ2v) is 8.71. The minimum absolute atomic E-state index is 0.482. The smallest absolute Gasteiger partial charge is 0.284 e. The summed E-state index contributed by atoms with van der Waals surface area (Å²) in [4.78, 5) is 0.571. The molecule has 0 saturated carbocycles. The fraction of sp³-hybridized carbons (Fsp3) is 1.00. The molecule has 0 aliphatic rings. The first kappa shape index (κ1) is 22.9. The van der Waals surface area contributed by atoms with Gasteiger partial charge in [-0.1, -0.05) is 84.5 Å². The van der Waals surface area contributed by atoms with Gasteiger partial charge >= 0.3 is 0 Å². The van der Waals surface area contributed by atoms with Crippen LogP contribution in [0.15, 0.2) is 0 Å². The SMILES string of the molecule is CCCCCCCCCCCCC(CCC)(N(C)C)S(=O)(=O)O. The third-order valence-electron chi connectivity index (χ3n) is 4.86. The van der Waals surface area contributed by atoms with Crippen LogP contribution >= 0.6 is 0 Å². The minimum Gasteiger partial charge on any atom is -0.289 e. The summed E-state index contributed by atoms with van der Waals surface area (Å²) in [5.41, 5.74) is 0. The molecule has 0 aliphatic carbocycles. The topological polar surface area (TPSA) is 57.6 Å². The molecule has 0 spiro atoms. The second kappa shape index (κ2) is 12.3. The Kier molecular flexibility index (Phi) is 12.2. The molecular formula is C18H39NO3S. The lowest BCUT2D eigenvalue weighted by Crippen LogP contribution is -2.50. The molecule has 0 bridgehead atoms. The van der Waals surface area contributed by atoms with Crippen LogP contribution in [0.25, 0.3) is 0 Å². The van der Waals surface area contributed by atoms with Crippen molar-refractivity contribution in [2.75, 3.05) is 14.1 Å². The summed E-state index contributed by atoms with van der Waals surface area (Å²) in [6.45, 7) is 4.20. The number of hydrogen-bond donors (Lipinski definition) is 1. The predicted molar refractivity (Wildman–Crippen MR) is 99.3 cm³/mol. The van der Waals surface area contributed by atoms with E-state index in [4.69, 9.17) is 0 Å². The normalized spacial score (nSPS) is 15.0. The average Bonchev–Trinajstić information content (AvgIpc) is 2.46. The largest absolute Gasteiger partial charge is 0.289 e. The third-order valence-corrected chi connectivity index (χ3v) is 6.59. The van der Waals surface area contributed by atoms with Gasteiger partial charge in [-0.3, -0.25) is 9.45 Å². The molecule has 0 aliphatic heterocycles. The van der Waals surface area contributed by atoms with Crippen molar-refractivity contribution < 1.29 is 13.0 Å². The van der Waals surface area contributed by atoms with Gasteiger partial charge in [0.25, 0.3) is 10.1 Å². The number of nitrogens with zero attached hydrogens (tertiary/aromatic N) is 1. The van der Waals surface area contributed by atoms with Crippen molar-refractivity contribution in [3.63, 3.8) is 0 Å². The van der Waals surface area contributed by atoms with Crippen LogP contribution in [-0.2, 0) is 10.1 Å². The molecule has 4 nitrogen and oxygen atoms in total. The van der Waals surface area contributed by atoms with Crippen molar-refractivity contribution in [2.24, 2.45) is 0 Å². The summed E-state index contributed by atoms with van der Waals surface area (Å²) >= 11 is 0. The second-order valence-electron chi connectivity index (χ2n) is 7.00. The Morgan fingerprint density at radius 3 is 1.52 bits per heavy atom. The van der Waals surface area contributed by atoms with E-state index in [1.54, 1.807) is 19.0 Å². The van der Waals surface area contributed by atoms with Gasteiger partial charge in [-0.05, 0) is 26.9 Å². The Hall–Kier alpha value is -0.130. The monoisotopic (exact) mass is 349 g/mol. The van der Waals surface area contributed by atoms with Gasteiger partial charge in [-0.2, -0.15) is 8.42 Å². The van der Waals surface area contributed by atoms with E-state index >= 15 is 0 Å². The molecule has 5 heteroatoms. The number of rotatable bonds is 15. The highest BCUT2D eigenvalue weighted by molar-refractivity contribution is 7.87. The van der Waals surface area contributed by atoms with Crippen molar-refractivity contribution >= 4 is 10.1 Å². The van der Waals surface area contributed by atoms with Gasteiger partial charge < -0.3 is 0 Å². The van der Waals surface area contributed by atoms with Crippen LogP contribution < -0.4 is 0 Å². The van der Waals surface area contributed by atoms with E-state index in [0.29, 0.717) is 12.8 Å². The maximum Gasteiger partial charge on any atom is 0.284 e. The fourth-order valence-corrected chi connectivity index (χ4v) is 4.67. The quantitative estimate of drug-likeness (QED) is 0.324. The van der Waals surface area contributed by atoms with Crippen molar-refractivity contribution in [1.82, 2.24) is 4.90 Å². The van der Waals surface area contributed by atoms with Crippen LogP contribution in [0.5, 0.6) is 0 Å². The average molecular weight is 350 g/mol. The van der Waals surface area contributed by atoms with Crippen LogP contribution in [0, 0.1) is 0 Å². The van der Waals surface area contributed by atoms with Crippen LogP contribution in [0.3, 0.4) is 0 Å². The van der Waals surface area contributed by atoms with Gasteiger partial charge in [-0.25, -0.2) is 0 Å². The zero-order valence-electron chi connectivity index (χ0n) is 15.8. The van der Waals surface area contributed by atoms with Crippen LogP contribution in [0.4, 0.5) is 0 Å². The summed E-state index contributed by atoms with van der Waals surface area (Å²) in [5, 5.41) is 0. The Labute approximate surface area is 144 Å². The first-order valence-electron chi connectivity index (χ1n) is 9.46. The molecular weight excluding hydrogens is 310 g/mol. The molecule has 1 atom stereocenters. The van der Waals surface area contributed by atoms with Gasteiger partial charge in [-0.15, -0.1) is 0 Å². The van der Waals surface area contributed by atoms with Crippen molar-refractivity contribution in [1.29, 1.82) is 0 Å². The third kappa shape index (κ3) is 8.50. The van der Waals surface area contributed by atoms with E-state index in [9.17, 15) is 13.0 Å². The summed E-state index contributed by atoms with van der Waals surface area (Å²) < 4.78 is 33.5. The summed E-state index contributed by atoms with van der Waals surface area (Å²) in [6, 6.07) is 0. The lowest BCUT2D eigenvalue weighted by molar-refractivity contribution is 0.190. The van der Waals surface area contributed by atoms with E-state index in [1.807, 2.05) is 6.92 Å². The fourth-order valence-electron chi connectivity index (χ4n) is 3.34. The lowest BCUT2D eigenvalue weighted by Gasteiger charge is -2.36. The zero-order valence-corrected chi connectivity index (χ0v) is 16.6. The molecule has 0 fully saturated rings. The summed E-state index contributed by atoms with van der Waals surface area (Å²) in [5.74, 6) is 0. The number of unbranched alkanes of at least 4 members (excludes halogenated alkanes) is 9. The van der Waals surface area contributed by atoms with Crippen molar-refractivity contribution in [3.8, 4) is 0 Å². The van der Waals surface area contributed by atoms with Crippen LogP contribution in [0.1, 0.15) is 97.3 Å². The highest BCUT2D eigenvalue weighted by Gasteiger charge is 2.43. The van der Waals surface area contributed by atoms with E-state index in [1.165, 1.54) is 44.9 Å². The Bertz CT molecular complexity index is 382. The summed E-state index contributed by atoms with van der Waals surface area (Å²) in [6.07, 6.45) is 14.0. The molecule has 140 valence electrons. The van der Waals surface area contributed by atoms with Crippen molar-refractivity contribution in [2.45, 2.75) is 102 Å². The maximum atomic E-state index is 11.9. The molecule has 0 rings (SSSR count). The van der Waals surface area contributed by atoms with Gasteiger partial charge in [0.1, 0.15) is 4.87 Å². The van der Waals surface area contributed by atoms with Gasteiger partial charge in [0.05, 0.1) is 0 Å². The summed E-state index contributed by atoms with van der Waals surface area (Å²) in [7, 11) is -0.573. The molecule has 0 amide bonds. The van der Waals surface area contributed by atoms with E-state index in [2.05, 4.69) is 6.92 Å². The molecule has 0 aromatic carbocycles. The molecule has 0 aromatic heterocycles. The molecule has 0 aromatic rings. The molecule has 0 heterocycles. The van der Waals surface area contributed by atoms with Gasteiger partial charge in [0.2, 0.25) is 0 Å². The Morgan fingerprint density at radius 2 is 1.17 bits per heavy atom. The highest BCUT2D eigenvalue weighted by atomic mass is 32.2. The van der Waals surface area contributed by atoms with E-state index in [-0.39, 0.29) is 0 Å². The van der Waals surface area contributed by atoms with Crippen molar-refractivity contribution in [3.05, 3.63) is 0 Å². The molecule has 23 heavy (non-hydrogen) atoms. The van der Waals surface area contributed by atoms with Gasteiger partial charge in [0.15, 0.2) is 0 Å². The molecule has 0 radical (unpaired) electrons. The molecule has 1 unspecified atom stereocenters. The van der Waals surface area contributed by atoms with E-state index in [0.717, 1.165) is 25.7 Å². The van der Waals surface area contributed by atoms with Crippen LogP contribution in [-0.4, -0.2) is 36.8 Å². The maximum absolute atomic E-state index is 11.9. The zero-order chi connectivity index (χ0) is 17.8. The molecule has 0 saturated heterocycles. The standard InChI is InChI=1S/C18H39NO3S/c1-5-7-8-9-10-11-12-13-14-15-17-18(16-6-2,19(3)4)23(20,21)22/h5-17H2,1-4H3,(H,20,21,22). The van der Waals surface area contributed by atoms with Gasteiger partial charge in [0, 0.05) is 0 Å². The Morgan fingerprint density at radius 1 is 0.739 bits per heavy atom. The first-order valence-corrected chi connectivity index (χ1v) is 10.9. The predicted octanol–water partition coefficient (Wildman–Crippen LogP) is 5.24. The molecule has 1 N–H and O–H groups in total. The first-order chi connectivity index (χ1) is 10.8. The Balaban J connectivity index is 4.06. The lowest BCUT2D eigenvalue weighted by atomic mass is 10.0. The van der Waals surface area contributed by atoms with Crippen LogP contribution in [0.2, 0.25) is 0 Å². The number of hydrogen-bond acceptors (Lipinski definition) is 3. The minimum atomic E-state index is -4.07.